The molecule has 0 amide bonds. The molecule has 0 radical (unpaired) electrons. The molecular weight excluding hydrogens is 320 g/mol. The van der Waals surface area contributed by atoms with E-state index < -0.39 is 0 Å². The molecule has 1 saturated heterocycles. The average molecular weight is 349 g/mol. The summed E-state index contributed by atoms with van der Waals surface area (Å²) in [6.45, 7) is 1.70. The Morgan fingerprint density at radius 2 is 2.12 bits per heavy atom. The molecule has 1 unspecified atom stereocenters. The zero-order valence-corrected chi connectivity index (χ0v) is 15.3. The van der Waals surface area contributed by atoms with E-state index in [4.69, 9.17) is 4.74 Å². The number of pyridine rings is 1. The molecule has 6 heteroatoms. The standard InChI is InChI=1S/C18H28N4OS/c1-19-18(22-13-16-7-4-10-24-16)21-12-14-8-9-17(20-11-14)23-15-5-2-3-6-15/h8-9,11,15-16H,2-7,10,12-13H2,1H3,(H2,19,21,22). The molecule has 2 aliphatic rings. The summed E-state index contributed by atoms with van der Waals surface area (Å²) in [7, 11) is 1.81. The van der Waals surface area contributed by atoms with Crippen LogP contribution < -0.4 is 15.4 Å². The maximum atomic E-state index is 5.90. The normalized spacial score (nSPS) is 21.9. The number of hydrogen-bond donors (Lipinski definition) is 2. The minimum Gasteiger partial charge on any atom is -0.474 e. The Morgan fingerprint density at radius 1 is 1.25 bits per heavy atom. The van der Waals surface area contributed by atoms with Crippen LogP contribution in [0, 0.1) is 0 Å². The van der Waals surface area contributed by atoms with Crippen molar-refractivity contribution in [3.8, 4) is 5.88 Å². The summed E-state index contributed by atoms with van der Waals surface area (Å²) in [4.78, 5) is 8.72. The maximum Gasteiger partial charge on any atom is 0.213 e. The highest BCUT2D eigenvalue weighted by atomic mass is 32.2. The van der Waals surface area contributed by atoms with Crippen LogP contribution in [0.4, 0.5) is 0 Å². The fourth-order valence-electron chi connectivity index (χ4n) is 3.18. The molecule has 24 heavy (non-hydrogen) atoms. The molecule has 1 atom stereocenters. The quantitative estimate of drug-likeness (QED) is 0.611. The molecule has 0 aromatic carbocycles. The van der Waals surface area contributed by atoms with Crippen molar-refractivity contribution in [1.29, 1.82) is 0 Å². The van der Waals surface area contributed by atoms with Crippen molar-refractivity contribution in [3.63, 3.8) is 0 Å². The second-order valence-corrected chi connectivity index (χ2v) is 7.88. The van der Waals surface area contributed by atoms with Gasteiger partial charge in [0.2, 0.25) is 5.88 Å². The molecule has 1 aliphatic carbocycles. The summed E-state index contributed by atoms with van der Waals surface area (Å²) >= 11 is 2.05. The van der Waals surface area contributed by atoms with Crippen LogP contribution in [0.3, 0.4) is 0 Å². The average Bonchev–Trinajstić information content (AvgIpc) is 3.30. The topological polar surface area (TPSA) is 58.5 Å². The number of aromatic nitrogens is 1. The number of hydrogen-bond acceptors (Lipinski definition) is 4. The van der Waals surface area contributed by atoms with Gasteiger partial charge >= 0.3 is 0 Å². The van der Waals surface area contributed by atoms with Crippen molar-refractivity contribution in [3.05, 3.63) is 23.9 Å². The first-order chi connectivity index (χ1) is 11.8. The van der Waals surface area contributed by atoms with Crippen molar-refractivity contribution in [2.24, 2.45) is 4.99 Å². The lowest BCUT2D eigenvalue weighted by Gasteiger charge is -2.15. The van der Waals surface area contributed by atoms with Crippen LogP contribution in [0.25, 0.3) is 0 Å². The fraction of sp³-hybridized carbons (Fsp3) is 0.667. The van der Waals surface area contributed by atoms with Crippen molar-refractivity contribution < 1.29 is 4.74 Å². The van der Waals surface area contributed by atoms with Gasteiger partial charge in [-0.25, -0.2) is 4.98 Å². The lowest BCUT2D eigenvalue weighted by atomic mass is 10.2. The van der Waals surface area contributed by atoms with E-state index in [1.807, 2.05) is 19.3 Å². The van der Waals surface area contributed by atoms with E-state index in [1.54, 1.807) is 0 Å². The van der Waals surface area contributed by atoms with Crippen molar-refractivity contribution in [2.75, 3.05) is 19.3 Å². The third-order valence-electron chi connectivity index (χ3n) is 4.59. The van der Waals surface area contributed by atoms with Gasteiger partial charge in [-0.3, -0.25) is 4.99 Å². The Balaban J connectivity index is 1.41. The Hall–Kier alpha value is -1.43. The molecule has 0 bridgehead atoms. The summed E-state index contributed by atoms with van der Waals surface area (Å²) in [5, 5.41) is 7.48. The van der Waals surface area contributed by atoms with Gasteiger partial charge in [-0.05, 0) is 49.8 Å². The smallest absolute Gasteiger partial charge is 0.213 e. The van der Waals surface area contributed by atoms with Crippen LogP contribution in [-0.4, -0.2) is 41.6 Å². The number of guanidine groups is 1. The summed E-state index contributed by atoms with van der Waals surface area (Å²) in [6.07, 6.45) is 9.76. The van der Waals surface area contributed by atoms with Gasteiger partial charge in [0.15, 0.2) is 5.96 Å². The highest BCUT2D eigenvalue weighted by Gasteiger charge is 2.17. The minimum absolute atomic E-state index is 0.359. The number of nitrogens with one attached hydrogen (secondary N) is 2. The largest absolute Gasteiger partial charge is 0.474 e. The van der Waals surface area contributed by atoms with Gasteiger partial charge in [-0.2, -0.15) is 11.8 Å². The minimum atomic E-state index is 0.359. The third-order valence-corrected chi connectivity index (χ3v) is 5.99. The van der Waals surface area contributed by atoms with Gasteiger partial charge < -0.3 is 15.4 Å². The Kier molecular flexibility index (Phi) is 6.64. The van der Waals surface area contributed by atoms with Crippen molar-refractivity contribution in [1.82, 2.24) is 15.6 Å². The van der Waals surface area contributed by atoms with Crippen LogP contribution in [0.1, 0.15) is 44.1 Å². The molecule has 132 valence electrons. The SMILES string of the molecule is CN=C(NCc1ccc(OC2CCCC2)nc1)NCC1CCCS1. The summed E-state index contributed by atoms with van der Waals surface area (Å²) in [5.74, 6) is 2.89. The van der Waals surface area contributed by atoms with E-state index in [-0.39, 0.29) is 0 Å². The molecule has 1 aliphatic heterocycles. The molecule has 1 saturated carbocycles. The van der Waals surface area contributed by atoms with Gasteiger partial charge in [0.25, 0.3) is 0 Å². The van der Waals surface area contributed by atoms with Crippen LogP contribution in [0.2, 0.25) is 0 Å². The molecule has 5 nitrogen and oxygen atoms in total. The van der Waals surface area contributed by atoms with Gasteiger partial charge in [-0.15, -0.1) is 0 Å². The Labute approximate surface area is 149 Å². The third kappa shape index (κ3) is 5.30. The predicted molar refractivity (Wildman–Crippen MR) is 101 cm³/mol. The number of aliphatic imine (C=N–C) groups is 1. The van der Waals surface area contributed by atoms with Crippen LogP contribution >= 0.6 is 11.8 Å². The monoisotopic (exact) mass is 348 g/mol. The summed E-state index contributed by atoms with van der Waals surface area (Å²) < 4.78 is 5.90. The molecule has 3 rings (SSSR count). The molecule has 2 N–H and O–H groups in total. The van der Waals surface area contributed by atoms with Crippen LogP contribution in [0.5, 0.6) is 5.88 Å². The lowest BCUT2D eigenvalue weighted by Crippen LogP contribution is -2.39. The zero-order valence-electron chi connectivity index (χ0n) is 14.5. The van der Waals surface area contributed by atoms with E-state index in [2.05, 4.69) is 38.4 Å². The molecule has 0 spiro atoms. The summed E-state index contributed by atoms with van der Waals surface area (Å²) in [6, 6.07) is 4.05. The Morgan fingerprint density at radius 3 is 2.79 bits per heavy atom. The highest BCUT2D eigenvalue weighted by Crippen LogP contribution is 2.25. The first kappa shape index (κ1) is 17.4. The first-order valence-corrected chi connectivity index (χ1v) is 10.1. The van der Waals surface area contributed by atoms with Gasteiger partial charge in [0.1, 0.15) is 6.10 Å². The molecule has 2 heterocycles. The number of ether oxygens (including phenoxy) is 1. The fourth-order valence-corrected chi connectivity index (χ4v) is 4.39. The van der Waals surface area contributed by atoms with Gasteiger partial charge in [0, 0.05) is 37.7 Å². The molecular formula is C18H28N4OS. The van der Waals surface area contributed by atoms with Gasteiger partial charge in [0.05, 0.1) is 0 Å². The van der Waals surface area contributed by atoms with E-state index in [0.29, 0.717) is 12.6 Å². The predicted octanol–water partition coefficient (Wildman–Crippen LogP) is 2.96. The van der Waals surface area contributed by atoms with Gasteiger partial charge in [-0.1, -0.05) is 6.07 Å². The Bertz CT molecular complexity index is 522. The van der Waals surface area contributed by atoms with E-state index >= 15 is 0 Å². The zero-order chi connectivity index (χ0) is 16.6. The lowest BCUT2D eigenvalue weighted by molar-refractivity contribution is 0.201. The summed E-state index contributed by atoms with van der Waals surface area (Å²) in [5.41, 5.74) is 1.13. The van der Waals surface area contributed by atoms with E-state index in [9.17, 15) is 0 Å². The molecule has 2 fully saturated rings. The number of rotatable bonds is 6. The second kappa shape index (κ2) is 9.16. The van der Waals surface area contributed by atoms with Crippen molar-refractivity contribution >= 4 is 17.7 Å². The van der Waals surface area contributed by atoms with E-state index in [0.717, 1.165) is 42.0 Å². The van der Waals surface area contributed by atoms with E-state index in [1.165, 1.54) is 31.4 Å². The van der Waals surface area contributed by atoms with Crippen LogP contribution in [0.15, 0.2) is 23.3 Å². The number of thioether (sulfide) groups is 1. The van der Waals surface area contributed by atoms with Crippen molar-refractivity contribution in [2.45, 2.75) is 56.4 Å². The highest BCUT2D eigenvalue weighted by molar-refractivity contribution is 8.00. The first-order valence-electron chi connectivity index (χ1n) is 9.01. The van der Waals surface area contributed by atoms with Crippen LogP contribution in [-0.2, 0) is 6.54 Å². The number of nitrogens with zero attached hydrogens (tertiary/aromatic N) is 2. The molecule has 1 aromatic heterocycles. The maximum absolute atomic E-state index is 5.90. The second-order valence-electron chi connectivity index (χ2n) is 6.47. The molecule has 1 aromatic rings.